The molecular weight excluding hydrogens is 180 g/mol. The van der Waals surface area contributed by atoms with E-state index >= 15 is 0 Å². The van der Waals surface area contributed by atoms with Crippen molar-refractivity contribution < 1.29 is 10.0 Å². The second-order valence-electron chi connectivity index (χ2n) is 2.98. The summed E-state index contributed by atoms with van der Waals surface area (Å²) in [5, 5.41) is 13.4. The molecule has 1 aromatic rings. The Labute approximate surface area is 82.2 Å². The molecule has 0 bridgehead atoms. The predicted octanol–water partition coefficient (Wildman–Crippen LogP) is 1.70. The number of rotatable bonds is 2. The predicted molar refractivity (Wildman–Crippen MR) is 54.8 cm³/mol. The number of benzene rings is 1. The molecule has 74 valence electrons. The summed E-state index contributed by atoms with van der Waals surface area (Å²) in [7, 11) is 0. The summed E-state index contributed by atoms with van der Waals surface area (Å²) in [6.07, 6.45) is 0.821. The molecule has 0 saturated carbocycles. The molecule has 4 nitrogen and oxygen atoms in total. The van der Waals surface area contributed by atoms with E-state index < -0.39 is 5.91 Å². The summed E-state index contributed by atoms with van der Waals surface area (Å²) in [5.41, 5.74) is 2.84. The van der Waals surface area contributed by atoms with Crippen molar-refractivity contribution in [2.45, 2.75) is 13.8 Å². The average molecular weight is 192 g/mol. The third kappa shape index (κ3) is 2.32. The van der Waals surface area contributed by atoms with Crippen molar-refractivity contribution in [3.63, 3.8) is 0 Å². The topological polar surface area (TPSA) is 61.7 Å². The van der Waals surface area contributed by atoms with Gasteiger partial charge < -0.3 is 10.5 Å². The minimum atomic E-state index is -0.443. The molecule has 14 heavy (non-hydrogen) atoms. The third-order valence-electron chi connectivity index (χ3n) is 2.04. The fourth-order valence-electron chi connectivity index (χ4n) is 1.10. The molecule has 0 atom stereocenters. The molecule has 1 rings (SSSR count). The first-order valence-electron chi connectivity index (χ1n) is 4.20. The smallest absolute Gasteiger partial charge is 0.270 e. The fourth-order valence-corrected chi connectivity index (χ4v) is 1.10. The van der Waals surface area contributed by atoms with Crippen LogP contribution >= 0.6 is 0 Å². The highest BCUT2D eigenvalue weighted by atomic mass is 16.4. The van der Waals surface area contributed by atoms with Crippen LogP contribution in [-0.4, -0.2) is 17.3 Å². The van der Waals surface area contributed by atoms with Crippen molar-refractivity contribution >= 4 is 17.8 Å². The number of carbonyl (C=O) groups excluding carboxylic acids is 1. The third-order valence-corrected chi connectivity index (χ3v) is 2.04. The van der Waals surface area contributed by atoms with Gasteiger partial charge in [-0.25, -0.2) is 0 Å². The maximum atomic E-state index is 11.1. The Morgan fingerprint density at radius 1 is 1.50 bits per heavy atom. The van der Waals surface area contributed by atoms with Gasteiger partial charge in [0, 0.05) is 5.69 Å². The second kappa shape index (κ2) is 4.41. The number of aryl methyl sites for hydroxylation is 1. The molecule has 2 N–H and O–H groups in total. The maximum absolute atomic E-state index is 11.1. The largest absolute Gasteiger partial charge is 0.411 e. The van der Waals surface area contributed by atoms with Crippen LogP contribution in [0.25, 0.3) is 0 Å². The van der Waals surface area contributed by atoms with Crippen LogP contribution < -0.4 is 5.32 Å². The molecule has 0 aliphatic carbocycles. The van der Waals surface area contributed by atoms with E-state index in [9.17, 15) is 4.79 Å². The SMILES string of the molecule is Cc1cccc(NC(=O)/C=N/O)c1C. The van der Waals surface area contributed by atoms with Gasteiger partial charge in [-0.1, -0.05) is 17.3 Å². The summed E-state index contributed by atoms with van der Waals surface area (Å²) >= 11 is 0. The monoisotopic (exact) mass is 192 g/mol. The van der Waals surface area contributed by atoms with Crippen molar-refractivity contribution in [3.8, 4) is 0 Å². The van der Waals surface area contributed by atoms with Crippen LogP contribution in [0.2, 0.25) is 0 Å². The number of hydrogen-bond acceptors (Lipinski definition) is 3. The number of nitrogens with one attached hydrogen (secondary N) is 1. The molecule has 0 spiro atoms. The highest BCUT2D eigenvalue weighted by Crippen LogP contribution is 2.17. The second-order valence-corrected chi connectivity index (χ2v) is 2.98. The van der Waals surface area contributed by atoms with Crippen LogP contribution in [0.1, 0.15) is 11.1 Å². The van der Waals surface area contributed by atoms with E-state index in [4.69, 9.17) is 5.21 Å². The first-order valence-corrected chi connectivity index (χ1v) is 4.20. The zero-order valence-corrected chi connectivity index (χ0v) is 8.11. The Morgan fingerprint density at radius 2 is 2.21 bits per heavy atom. The number of anilines is 1. The van der Waals surface area contributed by atoms with Gasteiger partial charge in [-0.05, 0) is 31.0 Å². The van der Waals surface area contributed by atoms with E-state index in [-0.39, 0.29) is 0 Å². The molecule has 0 radical (unpaired) electrons. The zero-order valence-electron chi connectivity index (χ0n) is 8.11. The van der Waals surface area contributed by atoms with E-state index in [1.54, 1.807) is 6.07 Å². The van der Waals surface area contributed by atoms with Crippen LogP contribution in [0.15, 0.2) is 23.4 Å². The van der Waals surface area contributed by atoms with Gasteiger partial charge in [-0.15, -0.1) is 0 Å². The summed E-state index contributed by atoms with van der Waals surface area (Å²) in [5.74, 6) is -0.443. The lowest BCUT2D eigenvalue weighted by Crippen LogP contribution is -2.13. The van der Waals surface area contributed by atoms with E-state index in [1.807, 2.05) is 26.0 Å². The molecule has 1 aromatic carbocycles. The van der Waals surface area contributed by atoms with Crippen molar-refractivity contribution in [2.24, 2.45) is 5.16 Å². The molecule has 0 unspecified atom stereocenters. The quantitative estimate of drug-likeness (QED) is 0.425. The minimum Gasteiger partial charge on any atom is -0.411 e. The molecule has 0 fully saturated rings. The highest BCUT2D eigenvalue weighted by Gasteiger charge is 2.03. The van der Waals surface area contributed by atoms with Crippen molar-refractivity contribution in [1.29, 1.82) is 0 Å². The molecule has 0 aliphatic rings. The van der Waals surface area contributed by atoms with Gasteiger partial charge in [-0.3, -0.25) is 4.79 Å². The molecule has 0 aliphatic heterocycles. The van der Waals surface area contributed by atoms with Crippen molar-refractivity contribution in [2.75, 3.05) is 5.32 Å². The lowest BCUT2D eigenvalue weighted by molar-refractivity contribution is -0.110. The molecule has 1 amide bonds. The van der Waals surface area contributed by atoms with Gasteiger partial charge in [0.2, 0.25) is 0 Å². The van der Waals surface area contributed by atoms with Crippen LogP contribution in [0.4, 0.5) is 5.69 Å². The van der Waals surface area contributed by atoms with Crippen molar-refractivity contribution in [1.82, 2.24) is 0 Å². The summed E-state index contributed by atoms with van der Waals surface area (Å²) in [4.78, 5) is 11.1. The van der Waals surface area contributed by atoms with Gasteiger partial charge in [-0.2, -0.15) is 0 Å². The van der Waals surface area contributed by atoms with Crippen LogP contribution in [0, 0.1) is 13.8 Å². The van der Waals surface area contributed by atoms with E-state index in [0.717, 1.165) is 23.0 Å². The van der Waals surface area contributed by atoms with Gasteiger partial charge in [0.05, 0.1) is 0 Å². The number of carbonyl (C=O) groups is 1. The first-order chi connectivity index (χ1) is 6.65. The summed E-state index contributed by atoms with van der Waals surface area (Å²) in [6, 6.07) is 5.62. The van der Waals surface area contributed by atoms with E-state index in [2.05, 4.69) is 10.5 Å². The van der Waals surface area contributed by atoms with Gasteiger partial charge in [0.15, 0.2) is 0 Å². The van der Waals surface area contributed by atoms with Crippen molar-refractivity contribution in [3.05, 3.63) is 29.3 Å². The number of hydrogen-bond donors (Lipinski definition) is 2. The Bertz CT molecular complexity index is 372. The first kappa shape index (κ1) is 10.2. The van der Waals surface area contributed by atoms with E-state index in [1.165, 1.54) is 0 Å². The van der Waals surface area contributed by atoms with Gasteiger partial charge >= 0.3 is 0 Å². The Kier molecular flexibility index (Phi) is 3.23. The molecule has 0 saturated heterocycles. The highest BCUT2D eigenvalue weighted by molar-refractivity contribution is 6.31. The summed E-state index contributed by atoms with van der Waals surface area (Å²) < 4.78 is 0. The number of oxime groups is 1. The van der Waals surface area contributed by atoms with Crippen LogP contribution in [0.3, 0.4) is 0 Å². The molecule has 0 aromatic heterocycles. The van der Waals surface area contributed by atoms with Gasteiger partial charge in [0.25, 0.3) is 5.91 Å². The van der Waals surface area contributed by atoms with Crippen LogP contribution in [-0.2, 0) is 4.79 Å². The lowest BCUT2D eigenvalue weighted by Gasteiger charge is -2.07. The Morgan fingerprint density at radius 3 is 2.86 bits per heavy atom. The average Bonchev–Trinajstić information content (AvgIpc) is 2.13. The van der Waals surface area contributed by atoms with Crippen LogP contribution in [0.5, 0.6) is 0 Å². The lowest BCUT2D eigenvalue weighted by atomic mass is 10.1. The summed E-state index contributed by atoms with van der Waals surface area (Å²) in [6.45, 7) is 3.88. The Hall–Kier alpha value is -1.84. The number of amides is 1. The number of nitrogens with zero attached hydrogens (tertiary/aromatic N) is 1. The Balaban J connectivity index is 2.87. The maximum Gasteiger partial charge on any atom is 0.270 e. The normalized spacial score (nSPS) is 10.4. The van der Waals surface area contributed by atoms with E-state index in [0.29, 0.717) is 0 Å². The fraction of sp³-hybridized carbons (Fsp3) is 0.200. The minimum absolute atomic E-state index is 0.443. The van der Waals surface area contributed by atoms with Gasteiger partial charge in [0.1, 0.15) is 6.21 Å². The molecule has 0 heterocycles. The molecule has 4 heteroatoms. The molecular formula is C10H12N2O2. The zero-order chi connectivity index (χ0) is 10.6. The standard InChI is InChI=1S/C10H12N2O2/c1-7-4-3-5-9(8(7)2)12-10(13)6-11-14/h3-6,14H,1-2H3,(H,12,13)/b11-6+.